The Labute approximate surface area is 155 Å². The fraction of sp³-hybridized carbons (Fsp3) is 0.600. The number of carbonyl (C=O) groups excluding carboxylic acids is 2. The highest BCUT2D eigenvalue weighted by Crippen LogP contribution is 2.20. The molecule has 1 aromatic rings. The summed E-state index contributed by atoms with van der Waals surface area (Å²) in [6.45, 7) is 7.10. The number of hydrogen-bond acceptors (Lipinski definition) is 5. The molecule has 0 bridgehead atoms. The largest absolute Gasteiger partial charge is 0.483 e. The Balaban J connectivity index is 2.00. The monoisotopic (exact) mass is 363 g/mol. The predicted octanol–water partition coefficient (Wildman–Crippen LogP) is 2.50. The van der Waals surface area contributed by atoms with Crippen molar-refractivity contribution in [2.45, 2.75) is 39.7 Å². The average molecular weight is 363 g/mol. The molecule has 2 rings (SSSR count). The maximum absolute atomic E-state index is 12.7. The summed E-state index contributed by atoms with van der Waals surface area (Å²) >= 11 is 0. The number of esters is 1. The van der Waals surface area contributed by atoms with Gasteiger partial charge in [0, 0.05) is 19.7 Å². The number of aryl methyl sites for hydroxylation is 2. The van der Waals surface area contributed by atoms with Crippen molar-refractivity contribution in [2.75, 3.05) is 33.4 Å². The highest BCUT2D eigenvalue weighted by Gasteiger charge is 2.26. The van der Waals surface area contributed by atoms with Crippen LogP contribution < -0.4 is 4.74 Å². The van der Waals surface area contributed by atoms with Crippen molar-refractivity contribution in [1.29, 1.82) is 0 Å². The number of amides is 1. The second-order valence-electron chi connectivity index (χ2n) is 6.92. The molecular weight excluding hydrogens is 334 g/mol. The molecule has 0 saturated carbocycles. The van der Waals surface area contributed by atoms with Gasteiger partial charge in [0.1, 0.15) is 5.75 Å². The third-order valence-electron chi connectivity index (χ3n) is 4.59. The van der Waals surface area contributed by atoms with E-state index in [2.05, 4.69) is 0 Å². The lowest BCUT2D eigenvalue weighted by atomic mass is 10.1. The van der Waals surface area contributed by atoms with Gasteiger partial charge in [0.15, 0.2) is 6.61 Å². The van der Waals surface area contributed by atoms with Crippen molar-refractivity contribution in [3.05, 3.63) is 29.3 Å². The van der Waals surface area contributed by atoms with Crippen molar-refractivity contribution >= 4 is 11.9 Å². The van der Waals surface area contributed by atoms with Crippen LogP contribution in [0.1, 0.15) is 30.9 Å². The Kier molecular flexibility index (Phi) is 7.45. The maximum Gasteiger partial charge on any atom is 0.310 e. The molecule has 6 nitrogen and oxygen atoms in total. The fourth-order valence-corrected chi connectivity index (χ4v) is 3.01. The van der Waals surface area contributed by atoms with Gasteiger partial charge < -0.3 is 19.1 Å². The van der Waals surface area contributed by atoms with Crippen LogP contribution in [0.2, 0.25) is 0 Å². The van der Waals surface area contributed by atoms with E-state index in [4.69, 9.17) is 14.2 Å². The number of ether oxygens (including phenoxy) is 3. The summed E-state index contributed by atoms with van der Waals surface area (Å²) < 4.78 is 16.2. The first kappa shape index (κ1) is 20.2. The van der Waals surface area contributed by atoms with Crippen molar-refractivity contribution in [3.8, 4) is 5.75 Å². The van der Waals surface area contributed by atoms with Crippen LogP contribution in [0.15, 0.2) is 18.2 Å². The van der Waals surface area contributed by atoms with E-state index in [0.29, 0.717) is 18.8 Å². The van der Waals surface area contributed by atoms with Gasteiger partial charge >= 0.3 is 5.97 Å². The molecule has 1 fully saturated rings. The molecular formula is C20H29NO5. The number of rotatable bonds is 8. The lowest BCUT2D eigenvalue weighted by Crippen LogP contribution is -2.43. The molecule has 1 aliphatic rings. The van der Waals surface area contributed by atoms with Crippen LogP contribution in [0.4, 0.5) is 0 Å². The quantitative estimate of drug-likeness (QED) is 0.664. The minimum absolute atomic E-state index is 0.0181. The third kappa shape index (κ3) is 5.73. The lowest BCUT2D eigenvalue weighted by molar-refractivity contribution is -0.147. The first-order valence-electron chi connectivity index (χ1n) is 9.08. The van der Waals surface area contributed by atoms with Gasteiger partial charge in [-0.3, -0.25) is 9.59 Å². The molecule has 1 amide bonds. The molecule has 1 aromatic carbocycles. The number of benzene rings is 1. The number of methoxy groups -OCH3 is 1. The molecule has 1 aliphatic heterocycles. The Bertz CT molecular complexity index is 625. The molecule has 0 aromatic heterocycles. The van der Waals surface area contributed by atoms with Crippen LogP contribution >= 0.6 is 0 Å². The minimum Gasteiger partial charge on any atom is -0.483 e. The van der Waals surface area contributed by atoms with Crippen LogP contribution in [0.5, 0.6) is 5.75 Å². The van der Waals surface area contributed by atoms with E-state index in [1.165, 1.54) is 7.11 Å². The van der Waals surface area contributed by atoms with Gasteiger partial charge in [-0.05, 0) is 43.9 Å². The van der Waals surface area contributed by atoms with E-state index >= 15 is 0 Å². The number of hydrogen-bond donors (Lipinski definition) is 0. The lowest BCUT2D eigenvalue weighted by Gasteiger charge is -2.27. The fourth-order valence-electron chi connectivity index (χ4n) is 3.01. The Morgan fingerprint density at radius 3 is 2.77 bits per heavy atom. The molecule has 144 valence electrons. The van der Waals surface area contributed by atoms with Crippen LogP contribution in [0.3, 0.4) is 0 Å². The minimum atomic E-state index is -0.397. The van der Waals surface area contributed by atoms with E-state index in [-0.39, 0.29) is 24.6 Å². The summed E-state index contributed by atoms with van der Waals surface area (Å²) in [5, 5.41) is 0. The molecule has 6 heteroatoms. The van der Waals surface area contributed by atoms with E-state index in [9.17, 15) is 9.59 Å². The van der Waals surface area contributed by atoms with Gasteiger partial charge in [0.25, 0.3) is 5.91 Å². The Morgan fingerprint density at radius 2 is 2.12 bits per heavy atom. The average Bonchev–Trinajstić information content (AvgIpc) is 3.13. The topological polar surface area (TPSA) is 65.1 Å². The van der Waals surface area contributed by atoms with Gasteiger partial charge in [0.05, 0.1) is 19.1 Å². The molecule has 26 heavy (non-hydrogen) atoms. The summed E-state index contributed by atoms with van der Waals surface area (Å²) in [6, 6.07) is 5.90. The molecule has 2 atom stereocenters. The van der Waals surface area contributed by atoms with E-state index in [1.54, 1.807) is 11.8 Å². The Morgan fingerprint density at radius 1 is 1.35 bits per heavy atom. The smallest absolute Gasteiger partial charge is 0.310 e. The van der Waals surface area contributed by atoms with Gasteiger partial charge in [-0.15, -0.1) is 0 Å². The molecule has 0 aliphatic carbocycles. The van der Waals surface area contributed by atoms with Gasteiger partial charge in [-0.2, -0.15) is 0 Å². The summed E-state index contributed by atoms with van der Waals surface area (Å²) in [4.78, 5) is 26.1. The van der Waals surface area contributed by atoms with Crippen LogP contribution in [-0.2, 0) is 19.1 Å². The highest BCUT2D eigenvalue weighted by molar-refractivity contribution is 5.79. The second-order valence-corrected chi connectivity index (χ2v) is 6.92. The SMILES string of the molecule is COC(=O)C(C)CN(CC1CCCO1)C(=O)COc1cc(C)ccc1C. The molecule has 0 radical (unpaired) electrons. The summed E-state index contributed by atoms with van der Waals surface area (Å²) in [7, 11) is 1.36. The Hall–Kier alpha value is -2.08. The van der Waals surface area contributed by atoms with Crippen molar-refractivity contribution < 1.29 is 23.8 Å². The molecule has 2 unspecified atom stereocenters. The van der Waals surface area contributed by atoms with Crippen LogP contribution in [0.25, 0.3) is 0 Å². The summed E-state index contributed by atoms with van der Waals surface area (Å²) in [6.07, 6.45) is 1.94. The van der Waals surface area contributed by atoms with E-state index in [0.717, 1.165) is 30.6 Å². The zero-order chi connectivity index (χ0) is 19.1. The van der Waals surface area contributed by atoms with Crippen LogP contribution in [-0.4, -0.2) is 56.3 Å². The zero-order valence-corrected chi connectivity index (χ0v) is 16.1. The van der Waals surface area contributed by atoms with Crippen LogP contribution in [0, 0.1) is 19.8 Å². The predicted molar refractivity (Wildman–Crippen MR) is 98.1 cm³/mol. The number of carbonyl (C=O) groups is 2. The first-order chi connectivity index (χ1) is 12.4. The van der Waals surface area contributed by atoms with Crippen molar-refractivity contribution in [1.82, 2.24) is 4.90 Å². The molecule has 0 N–H and O–H groups in total. The van der Waals surface area contributed by atoms with Gasteiger partial charge in [-0.1, -0.05) is 19.1 Å². The second kappa shape index (κ2) is 9.57. The van der Waals surface area contributed by atoms with E-state index in [1.807, 2.05) is 32.0 Å². The zero-order valence-electron chi connectivity index (χ0n) is 16.1. The van der Waals surface area contributed by atoms with Crippen molar-refractivity contribution in [2.24, 2.45) is 5.92 Å². The summed E-state index contributed by atoms with van der Waals surface area (Å²) in [5.41, 5.74) is 2.06. The van der Waals surface area contributed by atoms with Gasteiger partial charge in [-0.25, -0.2) is 0 Å². The summed E-state index contributed by atoms with van der Waals surface area (Å²) in [5.74, 6) is -0.176. The first-order valence-corrected chi connectivity index (χ1v) is 9.08. The molecule has 0 spiro atoms. The van der Waals surface area contributed by atoms with Crippen molar-refractivity contribution in [3.63, 3.8) is 0 Å². The normalized spacial score (nSPS) is 17.6. The maximum atomic E-state index is 12.7. The third-order valence-corrected chi connectivity index (χ3v) is 4.59. The molecule has 1 saturated heterocycles. The van der Waals surface area contributed by atoms with Gasteiger partial charge in [0.2, 0.25) is 0 Å². The standard InChI is InChI=1S/C20H29NO5/c1-14-7-8-15(2)18(10-14)26-13-19(22)21(11-16(3)20(23)24-4)12-17-6-5-9-25-17/h7-8,10,16-17H,5-6,9,11-13H2,1-4H3. The van der Waals surface area contributed by atoms with E-state index < -0.39 is 5.92 Å². The number of nitrogens with zero attached hydrogens (tertiary/aromatic N) is 1. The molecule has 1 heterocycles. The highest BCUT2D eigenvalue weighted by atomic mass is 16.5.